The maximum Gasteiger partial charge on any atom is 0.231 e. The molecule has 1 amide bonds. The van der Waals surface area contributed by atoms with E-state index in [1.54, 1.807) is 31.4 Å². The maximum atomic E-state index is 13.3. The Kier molecular flexibility index (Phi) is 11.3. The summed E-state index contributed by atoms with van der Waals surface area (Å²) in [5, 5.41) is 11.6. The normalized spacial score (nSPS) is 11.9. The number of methoxy groups -OCH3 is 2. The number of amides is 1. The number of ether oxygens (including phenoxy) is 3. The first-order chi connectivity index (χ1) is 18.9. The second-order valence-corrected chi connectivity index (χ2v) is 8.82. The number of aliphatic hydroxyl groups excluding tert-OH is 1. The third-order valence-corrected chi connectivity index (χ3v) is 5.94. The molecule has 9 nitrogen and oxygen atoms in total. The van der Waals surface area contributed by atoms with Crippen LogP contribution in [0.25, 0.3) is 0 Å². The SMILES string of the molecule is COc1ccc(CC(=O)NC(N)=N[C@H](Cc2ccccc2)C(=O)CCc2cccc(OCCO)c2)cc1OC. The number of hydrogen-bond donors (Lipinski definition) is 3. The Morgan fingerprint density at radius 2 is 1.67 bits per heavy atom. The summed E-state index contributed by atoms with van der Waals surface area (Å²) < 4.78 is 16.0. The van der Waals surface area contributed by atoms with Crippen LogP contribution in [0.3, 0.4) is 0 Å². The Morgan fingerprint density at radius 3 is 2.38 bits per heavy atom. The van der Waals surface area contributed by atoms with Crippen molar-refractivity contribution in [2.75, 3.05) is 27.4 Å². The standard InChI is InChI=1S/C30H35N3O6/c1-37-27-14-12-23(19-28(27)38-2)20-29(36)33-30(31)32-25(18-21-7-4-3-5-8-21)26(35)13-11-22-9-6-10-24(17-22)39-16-15-34/h3-10,12,14,17,19,25,34H,11,13,15-16,18,20H2,1-2H3,(H3,31,32,33,36)/t25-/m1/s1. The van der Waals surface area contributed by atoms with E-state index in [0.29, 0.717) is 35.7 Å². The molecule has 0 bridgehead atoms. The lowest BCUT2D eigenvalue weighted by Crippen LogP contribution is -2.40. The fourth-order valence-electron chi connectivity index (χ4n) is 4.02. The molecule has 0 saturated carbocycles. The van der Waals surface area contributed by atoms with Gasteiger partial charge in [0.2, 0.25) is 5.91 Å². The largest absolute Gasteiger partial charge is 0.493 e. The van der Waals surface area contributed by atoms with Crippen molar-refractivity contribution in [1.29, 1.82) is 0 Å². The number of aryl methyl sites for hydroxylation is 1. The molecule has 0 aliphatic rings. The van der Waals surface area contributed by atoms with Gasteiger partial charge in [-0.05, 0) is 47.4 Å². The zero-order valence-electron chi connectivity index (χ0n) is 22.3. The lowest BCUT2D eigenvalue weighted by Gasteiger charge is -2.14. The van der Waals surface area contributed by atoms with Crippen LogP contribution in [0.5, 0.6) is 17.2 Å². The molecule has 0 aliphatic carbocycles. The Balaban J connectivity index is 1.68. The summed E-state index contributed by atoms with van der Waals surface area (Å²) in [4.78, 5) is 30.3. The third kappa shape index (κ3) is 9.46. The van der Waals surface area contributed by atoms with Gasteiger partial charge in [0.05, 0.1) is 27.2 Å². The molecule has 0 saturated heterocycles. The van der Waals surface area contributed by atoms with Crippen molar-refractivity contribution in [3.8, 4) is 17.2 Å². The van der Waals surface area contributed by atoms with E-state index in [0.717, 1.165) is 11.1 Å². The van der Waals surface area contributed by atoms with E-state index in [4.69, 9.17) is 25.1 Å². The van der Waals surface area contributed by atoms with E-state index < -0.39 is 6.04 Å². The molecule has 0 unspecified atom stereocenters. The summed E-state index contributed by atoms with van der Waals surface area (Å²) in [6.07, 6.45) is 1.12. The van der Waals surface area contributed by atoms with Crippen LogP contribution in [0.15, 0.2) is 77.8 Å². The van der Waals surface area contributed by atoms with Crippen LogP contribution in [0, 0.1) is 0 Å². The van der Waals surface area contributed by atoms with Crippen LogP contribution < -0.4 is 25.3 Å². The molecule has 3 aromatic rings. The fourth-order valence-corrected chi connectivity index (χ4v) is 4.02. The quantitative estimate of drug-likeness (QED) is 0.214. The van der Waals surface area contributed by atoms with Gasteiger partial charge in [0.1, 0.15) is 18.4 Å². The molecule has 0 fully saturated rings. The average molecular weight is 534 g/mol. The molecule has 3 rings (SSSR count). The number of rotatable bonds is 14. The van der Waals surface area contributed by atoms with Crippen LogP contribution in [0.2, 0.25) is 0 Å². The second-order valence-electron chi connectivity index (χ2n) is 8.82. The highest BCUT2D eigenvalue weighted by Crippen LogP contribution is 2.27. The van der Waals surface area contributed by atoms with Crippen LogP contribution in [-0.2, 0) is 28.9 Å². The van der Waals surface area contributed by atoms with Crippen LogP contribution in [0.4, 0.5) is 0 Å². The number of ketones is 1. The first-order valence-corrected chi connectivity index (χ1v) is 12.6. The first-order valence-electron chi connectivity index (χ1n) is 12.6. The predicted molar refractivity (Wildman–Crippen MR) is 149 cm³/mol. The number of hydrogen-bond acceptors (Lipinski definition) is 7. The molecule has 206 valence electrons. The van der Waals surface area contributed by atoms with Crippen molar-refractivity contribution < 1.29 is 28.9 Å². The Hall–Kier alpha value is -4.37. The molecular formula is C30H35N3O6. The number of carbonyl (C=O) groups is 2. The number of nitrogens with two attached hydrogens (primary N) is 1. The molecule has 0 aromatic heterocycles. The number of guanidine groups is 1. The van der Waals surface area contributed by atoms with Crippen molar-refractivity contribution in [1.82, 2.24) is 5.32 Å². The van der Waals surface area contributed by atoms with Crippen LogP contribution in [0.1, 0.15) is 23.1 Å². The fraction of sp³-hybridized carbons (Fsp3) is 0.300. The minimum atomic E-state index is -0.761. The molecule has 1 atom stereocenters. The molecule has 0 spiro atoms. The summed E-state index contributed by atoms with van der Waals surface area (Å²) in [5.74, 6) is 1.13. The Bertz CT molecular complexity index is 1260. The molecule has 0 aliphatic heterocycles. The number of Topliss-reactive ketones (excluding diaryl/α,β-unsaturated/α-hetero) is 1. The van der Waals surface area contributed by atoms with Gasteiger partial charge in [-0.1, -0.05) is 48.5 Å². The number of benzene rings is 3. The molecular weight excluding hydrogens is 498 g/mol. The smallest absolute Gasteiger partial charge is 0.231 e. The summed E-state index contributed by atoms with van der Waals surface area (Å²) in [6, 6.07) is 21.4. The molecule has 0 radical (unpaired) electrons. The zero-order chi connectivity index (χ0) is 28.0. The summed E-state index contributed by atoms with van der Waals surface area (Å²) in [5.41, 5.74) is 8.65. The minimum Gasteiger partial charge on any atom is -0.493 e. The topological polar surface area (TPSA) is 132 Å². The molecule has 4 N–H and O–H groups in total. The molecule has 9 heteroatoms. The van der Waals surface area contributed by atoms with Crippen LogP contribution in [-0.4, -0.2) is 56.2 Å². The number of aliphatic imine (C=N–C) groups is 1. The Labute approximate surface area is 228 Å². The summed E-state index contributed by atoms with van der Waals surface area (Å²) in [6.45, 7) is 0.126. The zero-order valence-corrected chi connectivity index (χ0v) is 22.3. The first kappa shape index (κ1) is 29.2. The number of nitrogens with one attached hydrogen (secondary N) is 1. The number of aliphatic hydroxyl groups is 1. The van der Waals surface area contributed by atoms with Gasteiger partial charge >= 0.3 is 0 Å². The third-order valence-electron chi connectivity index (χ3n) is 5.94. The predicted octanol–water partition coefficient (Wildman–Crippen LogP) is 2.86. The number of carbonyl (C=O) groups excluding carboxylic acids is 2. The van der Waals surface area contributed by atoms with Gasteiger partial charge in [0.15, 0.2) is 23.2 Å². The van der Waals surface area contributed by atoms with E-state index in [2.05, 4.69) is 10.3 Å². The van der Waals surface area contributed by atoms with Crippen molar-refractivity contribution in [2.45, 2.75) is 31.7 Å². The summed E-state index contributed by atoms with van der Waals surface area (Å²) >= 11 is 0. The monoisotopic (exact) mass is 533 g/mol. The highest BCUT2D eigenvalue weighted by molar-refractivity contribution is 5.98. The minimum absolute atomic E-state index is 0.0442. The van der Waals surface area contributed by atoms with Crippen molar-refractivity contribution in [3.05, 3.63) is 89.5 Å². The van der Waals surface area contributed by atoms with E-state index in [-0.39, 0.29) is 43.7 Å². The van der Waals surface area contributed by atoms with Crippen molar-refractivity contribution >= 4 is 17.6 Å². The summed E-state index contributed by atoms with van der Waals surface area (Å²) in [7, 11) is 3.07. The van der Waals surface area contributed by atoms with Gasteiger partial charge in [0, 0.05) is 12.8 Å². The maximum absolute atomic E-state index is 13.3. The van der Waals surface area contributed by atoms with Gasteiger partial charge < -0.3 is 25.1 Å². The van der Waals surface area contributed by atoms with Crippen LogP contribution >= 0.6 is 0 Å². The molecule has 39 heavy (non-hydrogen) atoms. The highest BCUT2D eigenvalue weighted by Gasteiger charge is 2.19. The van der Waals surface area contributed by atoms with Gasteiger partial charge in [-0.3, -0.25) is 14.9 Å². The van der Waals surface area contributed by atoms with Gasteiger partial charge in [-0.15, -0.1) is 0 Å². The highest BCUT2D eigenvalue weighted by atomic mass is 16.5. The lowest BCUT2D eigenvalue weighted by molar-refractivity contribution is -0.121. The second kappa shape index (κ2) is 15.1. The average Bonchev–Trinajstić information content (AvgIpc) is 2.95. The van der Waals surface area contributed by atoms with Gasteiger partial charge in [-0.25, -0.2) is 4.99 Å². The molecule has 0 heterocycles. The van der Waals surface area contributed by atoms with E-state index in [9.17, 15) is 9.59 Å². The Morgan fingerprint density at radius 1 is 0.923 bits per heavy atom. The van der Waals surface area contributed by atoms with Gasteiger partial charge in [-0.2, -0.15) is 0 Å². The number of nitrogens with zero attached hydrogens (tertiary/aromatic N) is 1. The van der Waals surface area contributed by atoms with E-state index in [1.165, 1.54) is 7.11 Å². The van der Waals surface area contributed by atoms with E-state index in [1.807, 2.05) is 48.5 Å². The van der Waals surface area contributed by atoms with Gasteiger partial charge in [0.25, 0.3) is 0 Å². The lowest BCUT2D eigenvalue weighted by atomic mass is 9.98. The van der Waals surface area contributed by atoms with Crippen molar-refractivity contribution in [2.24, 2.45) is 10.7 Å². The molecule has 3 aromatic carbocycles. The van der Waals surface area contributed by atoms with E-state index >= 15 is 0 Å². The van der Waals surface area contributed by atoms with Crippen molar-refractivity contribution in [3.63, 3.8) is 0 Å².